The summed E-state index contributed by atoms with van der Waals surface area (Å²) in [4.78, 5) is 0. The lowest BCUT2D eigenvalue weighted by molar-refractivity contribution is 0.414. The number of halogens is 1. The van der Waals surface area contributed by atoms with Gasteiger partial charge in [0, 0.05) is 0 Å². The van der Waals surface area contributed by atoms with E-state index in [0.29, 0.717) is 0 Å². The third kappa shape index (κ3) is 3.51. The largest absolute Gasteiger partial charge is 0.497 e. The van der Waals surface area contributed by atoms with Gasteiger partial charge in [0.1, 0.15) is 5.75 Å². The van der Waals surface area contributed by atoms with Crippen LogP contribution in [0.4, 0.5) is 0 Å². The Morgan fingerprint density at radius 1 is 1.11 bits per heavy atom. The van der Waals surface area contributed by atoms with Crippen LogP contribution in [0.1, 0.15) is 27.6 Å². The van der Waals surface area contributed by atoms with Crippen LogP contribution in [-0.2, 0) is 6.42 Å². The normalized spacial score (nSPS) is 12.2. The zero-order chi connectivity index (χ0) is 13.8. The van der Waals surface area contributed by atoms with Gasteiger partial charge in [0.2, 0.25) is 0 Å². The molecule has 0 bridgehead atoms. The Kier molecular flexibility index (Phi) is 4.49. The number of benzene rings is 2. The predicted octanol–water partition coefficient (Wildman–Crippen LogP) is 4.83. The van der Waals surface area contributed by atoms with Crippen molar-refractivity contribution in [2.45, 2.75) is 25.6 Å². The molecule has 1 unspecified atom stereocenters. The lowest BCUT2D eigenvalue weighted by Crippen LogP contribution is -1.99. The van der Waals surface area contributed by atoms with Gasteiger partial charge in [0.25, 0.3) is 0 Å². The summed E-state index contributed by atoms with van der Waals surface area (Å²) in [6.45, 7) is 4.24. The summed E-state index contributed by atoms with van der Waals surface area (Å²) in [5, 5.41) is -0.0319. The van der Waals surface area contributed by atoms with Crippen molar-refractivity contribution >= 4 is 11.6 Å². The van der Waals surface area contributed by atoms with Crippen LogP contribution < -0.4 is 4.74 Å². The van der Waals surface area contributed by atoms with Crippen LogP contribution in [0.2, 0.25) is 0 Å². The lowest BCUT2D eigenvalue weighted by atomic mass is 9.98. The van der Waals surface area contributed by atoms with Crippen LogP contribution in [0.5, 0.6) is 5.75 Å². The molecule has 0 amide bonds. The van der Waals surface area contributed by atoms with Gasteiger partial charge in [-0.15, -0.1) is 11.6 Å². The minimum absolute atomic E-state index is 0.0319. The third-order valence-corrected chi connectivity index (χ3v) is 3.77. The summed E-state index contributed by atoms with van der Waals surface area (Å²) in [5.41, 5.74) is 4.97. The van der Waals surface area contributed by atoms with Crippen molar-refractivity contribution in [3.8, 4) is 5.75 Å². The fourth-order valence-corrected chi connectivity index (χ4v) is 2.47. The maximum Gasteiger partial charge on any atom is 0.119 e. The van der Waals surface area contributed by atoms with Gasteiger partial charge in [-0.05, 0) is 49.1 Å². The first kappa shape index (κ1) is 14.0. The van der Waals surface area contributed by atoms with E-state index in [-0.39, 0.29) is 5.38 Å². The first-order valence-electron chi connectivity index (χ1n) is 6.44. The molecule has 2 rings (SSSR count). The molecule has 1 atom stereocenters. The zero-order valence-electron chi connectivity index (χ0n) is 11.6. The second-order valence-electron chi connectivity index (χ2n) is 4.88. The molecule has 0 radical (unpaired) electrons. The topological polar surface area (TPSA) is 9.23 Å². The van der Waals surface area contributed by atoms with E-state index in [1.165, 1.54) is 16.7 Å². The number of methoxy groups -OCH3 is 1. The summed E-state index contributed by atoms with van der Waals surface area (Å²) in [6, 6.07) is 14.5. The fourth-order valence-electron chi connectivity index (χ4n) is 2.17. The average Bonchev–Trinajstić information content (AvgIpc) is 2.43. The van der Waals surface area contributed by atoms with Crippen molar-refractivity contribution in [3.63, 3.8) is 0 Å². The van der Waals surface area contributed by atoms with Gasteiger partial charge >= 0.3 is 0 Å². The highest BCUT2D eigenvalue weighted by Gasteiger charge is 2.11. The molecule has 2 heteroatoms. The summed E-state index contributed by atoms with van der Waals surface area (Å²) in [5.74, 6) is 0.851. The van der Waals surface area contributed by atoms with Crippen LogP contribution in [0.25, 0.3) is 0 Å². The standard InChI is InChI=1S/C17H19ClO/c1-12-7-8-13(2)15(9-12)11-17(18)14-5-4-6-16(10-14)19-3/h4-10,17H,11H2,1-3H3. The van der Waals surface area contributed by atoms with E-state index < -0.39 is 0 Å². The zero-order valence-corrected chi connectivity index (χ0v) is 12.4. The Morgan fingerprint density at radius 3 is 2.63 bits per heavy atom. The van der Waals surface area contributed by atoms with E-state index in [1.54, 1.807) is 7.11 Å². The van der Waals surface area contributed by atoms with Crippen molar-refractivity contribution in [2.24, 2.45) is 0 Å². The van der Waals surface area contributed by atoms with E-state index in [2.05, 4.69) is 32.0 Å². The van der Waals surface area contributed by atoms with Gasteiger partial charge < -0.3 is 4.74 Å². The molecule has 0 spiro atoms. The second-order valence-corrected chi connectivity index (χ2v) is 5.41. The van der Waals surface area contributed by atoms with Crippen molar-refractivity contribution in [3.05, 3.63) is 64.7 Å². The van der Waals surface area contributed by atoms with Crippen molar-refractivity contribution in [1.82, 2.24) is 0 Å². The Hall–Kier alpha value is -1.47. The summed E-state index contributed by atoms with van der Waals surface area (Å²) in [7, 11) is 1.67. The number of hydrogen-bond acceptors (Lipinski definition) is 1. The van der Waals surface area contributed by atoms with Crippen LogP contribution >= 0.6 is 11.6 Å². The van der Waals surface area contributed by atoms with E-state index in [9.17, 15) is 0 Å². The molecule has 19 heavy (non-hydrogen) atoms. The molecule has 0 fully saturated rings. The molecule has 2 aromatic rings. The average molecular weight is 275 g/mol. The van der Waals surface area contributed by atoms with Crippen molar-refractivity contribution in [2.75, 3.05) is 7.11 Å². The minimum Gasteiger partial charge on any atom is -0.497 e. The smallest absolute Gasteiger partial charge is 0.119 e. The monoisotopic (exact) mass is 274 g/mol. The van der Waals surface area contributed by atoms with E-state index in [0.717, 1.165) is 17.7 Å². The van der Waals surface area contributed by atoms with Gasteiger partial charge in [-0.1, -0.05) is 35.9 Å². The molecular formula is C17H19ClO. The van der Waals surface area contributed by atoms with Crippen LogP contribution in [-0.4, -0.2) is 7.11 Å². The molecule has 100 valence electrons. The Morgan fingerprint density at radius 2 is 1.89 bits per heavy atom. The molecule has 0 heterocycles. The molecule has 0 saturated carbocycles. The van der Waals surface area contributed by atoms with Crippen LogP contribution in [0, 0.1) is 13.8 Å². The summed E-state index contributed by atoms with van der Waals surface area (Å²) < 4.78 is 5.24. The van der Waals surface area contributed by atoms with Gasteiger partial charge in [-0.3, -0.25) is 0 Å². The van der Waals surface area contributed by atoms with Crippen molar-refractivity contribution in [1.29, 1.82) is 0 Å². The number of rotatable bonds is 4. The maximum absolute atomic E-state index is 6.54. The van der Waals surface area contributed by atoms with Gasteiger partial charge in [-0.25, -0.2) is 0 Å². The molecule has 1 nitrogen and oxygen atoms in total. The lowest BCUT2D eigenvalue weighted by Gasteiger charge is -2.13. The quantitative estimate of drug-likeness (QED) is 0.725. The molecule has 2 aromatic carbocycles. The van der Waals surface area contributed by atoms with Crippen molar-refractivity contribution < 1.29 is 4.74 Å². The maximum atomic E-state index is 6.54. The van der Waals surface area contributed by atoms with E-state index in [4.69, 9.17) is 16.3 Å². The Labute approximate surface area is 120 Å². The molecule has 0 N–H and O–H groups in total. The number of hydrogen-bond donors (Lipinski definition) is 0. The molecule has 0 aliphatic rings. The predicted molar refractivity (Wildman–Crippen MR) is 81.2 cm³/mol. The number of ether oxygens (including phenoxy) is 1. The Balaban J connectivity index is 2.20. The van der Waals surface area contributed by atoms with E-state index in [1.807, 2.05) is 24.3 Å². The van der Waals surface area contributed by atoms with Gasteiger partial charge in [0.05, 0.1) is 12.5 Å². The first-order chi connectivity index (χ1) is 9.10. The number of alkyl halides is 1. The molecule has 0 aliphatic carbocycles. The van der Waals surface area contributed by atoms with Crippen LogP contribution in [0.3, 0.4) is 0 Å². The first-order valence-corrected chi connectivity index (χ1v) is 6.88. The highest BCUT2D eigenvalue weighted by atomic mass is 35.5. The molecule has 0 aliphatic heterocycles. The number of aryl methyl sites for hydroxylation is 2. The van der Waals surface area contributed by atoms with Gasteiger partial charge in [0.15, 0.2) is 0 Å². The second kappa shape index (κ2) is 6.12. The van der Waals surface area contributed by atoms with E-state index >= 15 is 0 Å². The fraction of sp³-hybridized carbons (Fsp3) is 0.294. The Bertz CT molecular complexity index is 563. The highest BCUT2D eigenvalue weighted by Crippen LogP contribution is 2.28. The summed E-state index contributed by atoms with van der Waals surface area (Å²) >= 11 is 6.54. The van der Waals surface area contributed by atoms with Gasteiger partial charge in [-0.2, -0.15) is 0 Å². The third-order valence-electron chi connectivity index (χ3n) is 3.36. The minimum atomic E-state index is -0.0319. The highest BCUT2D eigenvalue weighted by molar-refractivity contribution is 6.21. The summed E-state index contributed by atoms with van der Waals surface area (Å²) in [6.07, 6.45) is 0.836. The SMILES string of the molecule is COc1cccc(C(Cl)Cc2cc(C)ccc2C)c1. The molecule has 0 saturated heterocycles. The molecular weight excluding hydrogens is 256 g/mol. The van der Waals surface area contributed by atoms with Crippen LogP contribution in [0.15, 0.2) is 42.5 Å². The molecule has 0 aromatic heterocycles.